The molecule has 0 aliphatic carbocycles. The molecule has 3 rings (SSSR count). The molecular weight excluding hydrogens is 386 g/mol. The lowest BCUT2D eigenvalue weighted by Crippen LogP contribution is -2.36. The molecule has 1 aromatic heterocycles. The van der Waals surface area contributed by atoms with Crippen molar-refractivity contribution in [1.82, 2.24) is 9.88 Å². The number of amides is 2. The molecule has 30 heavy (non-hydrogen) atoms. The minimum Gasteiger partial charge on any atom is -0.490 e. The Morgan fingerprint density at radius 2 is 1.97 bits per heavy atom. The van der Waals surface area contributed by atoms with E-state index in [-0.39, 0.29) is 23.9 Å². The number of carbonyl (C=O) groups excluding carboxylic acids is 2. The van der Waals surface area contributed by atoms with Gasteiger partial charge in [0.05, 0.1) is 23.7 Å². The van der Waals surface area contributed by atoms with Crippen LogP contribution in [0, 0.1) is 0 Å². The van der Waals surface area contributed by atoms with Crippen molar-refractivity contribution in [2.24, 2.45) is 5.73 Å². The van der Waals surface area contributed by atoms with E-state index in [1.807, 2.05) is 34.6 Å². The van der Waals surface area contributed by atoms with E-state index in [1.165, 1.54) is 0 Å². The maximum absolute atomic E-state index is 12.3. The van der Waals surface area contributed by atoms with Crippen LogP contribution in [0.2, 0.25) is 0 Å². The van der Waals surface area contributed by atoms with E-state index in [1.54, 1.807) is 29.3 Å². The van der Waals surface area contributed by atoms with Crippen LogP contribution in [0.1, 0.15) is 51.4 Å². The van der Waals surface area contributed by atoms with Crippen LogP contribution in [0.5, 0.6) is 11.5 Å². The summed E-state index contributed by atoms with van der Waals surface area (Å²) in [6, 6.07) is 5.11. The normalized spacial score (nSPS) is 16.7. The van der Waals surface area contributed by atoms with E-state index < -0.39 is 11.5 Å². The van der Waals surface area contributed by atoms with Crippen LogP contribution in [-0.2, 0) is 4.74 Å². The van der Waals surface area contributed by atoms with Crippen molar-refractivity contribution >= 4 is 22.9 Å². The number of nitrogens with zero attached hydrogens (tertiary/aromatic N) is 2. The molecule has 8 heteroatoms. The van der Waals surface area contributed by atoms with Crippen molar-refractivity contribution in [3.63, 3.8) is 0 Å². The van der Waals surface area contributed by atoms with E-state index in [0.29, 0.717) is 41.9 Å². The smallest absolute Gasteiger partial charge is 0.410 e. The topological polar surface area (TPSA) is 104 Å². The summed E-state index contributed by atoms with van der Waals surface area (Å²) in [6.07, 6.45) is 1.67. The fourth-order valence-electron chi connectivity index (χ4n) is 3.29. The minimum atomic E-state index is -0.579. The maximum Gasteiger partial charge on any atom is 0.410 e. The molecule has 0 spiro atoms. The molecule has 1 atom stereocenters. The highest BCUT2D eigenvalue weighted by Gasteiger charge is 2.31. The van der Waals surface area contributed by atoms with Gasteiger partial charge in [-0.1, -0.05) is 0 Å². The van der Waals surface area contributed by atoms with Crippen LogP contribution in [-0.4, -0.2) is 52.8 Å². The molecule has 0 saturated carbocycles. The third-order valence-electron chi connectivity index (χ3n) is 4.52. The Labute approximate surface area is 176 Å². The summed E-state index contributed by atoms with van der Waals surface area (Å²) in [5.41, 5.74) is 5.83. The number of likely N-dealkylation sites (tertiary alicyclic amines) is 1. The lowest BCUT2D eigenvalue weighted by Gasteiger charge is -2.24. The van der Waals surface area contributed by atoms with Gasteiger partial charge >= 0.3 is 6.09 Å². The summed E-state index contributed by atoms with van der Waals surface area (Å²) < 4.78 is 17.4. The standard InChI is InChI=1S/C22H29N3O5/c1-13(2)28-19-11-15-17(10-16(19)20(23)26)24-8-6-18(15)29-14-7-9-25(12-14)21(27)30-22(3,4)5/h6,8,10-11,13-14H,7,9,12H2,1-5H3,(H2,23,26)/t14-/m0/s1. The number of primary amides is 1. The van der Waals surface area contributed by atoms with Crippen molar-refractivity contribution < 1.29 is 23.8 Å². The second-order valence-corrected chi connectivity index (χ2v) is 8.66. The van der Waals surface area contributed by atoms with E-state index in [0.717, 1.165) is 0 Å². The molecule has 2 N–H and O–H groups in total. The molecule has 1 aliphatic heterocycles. The SMILES string of the molecule is CC(C)Oc1cc2c(O[C@H]3CCN(C(=O)OC(C)(C)C)C3)ccnc2cc1C(N)=O. The number of pyridine rings is 1. The number of carbonyl (C=O) groups is 2. The zero-order chi connectivity index (χ0) is 22.1. The first-order valence-corrected chi connectivity index (χ1v) is 10.1. The van der Waals surface area contributed by atoms with Gasteiger partial charge in [0.15, 0.2) is 0 Å². The van der Waals surface area contributed by atoms with Gasteiger partial charge in [-0.25, -0.2) is 4.79 Å². The number of hydrogen-bond acceptors (Lipinski definition) is 6. The van der Waals surface area contributed by atoms with E-state index in [4.69, 9.17) is 19.9 Å². The molecule has 0 bridgehead atoms. The van der Waals surface area contributed by atoms with Crippen molar-refractivity contribution in [1.29, 1.82) is 0 Å². The van der Waals surface area contributed by atoms with Gasteiger partial charge in [0.2, 0.25) is 0 Å². The molecule has 1 fully saturated rings. The summed E-state index contributed by atoms with van der Waals surface area (Å²) in [6.45, 7) is 10.3. The van der Waals surface area contributed by atoms with Crippen LogP contribution in [0.25, 0.3) is 10.9 Å². The molecule has 8 nitrogen and oxygen atoms in total. The van der Waals surface area contributed by atoms with Gasteiger partial charge in [0, 0.05) is 24.5 Å². The first-order chi connectivity index (χ1) is 14.0. The van der Waals surface area contributed by atoms with Crippen molar-refractivity contribution in [2.45, 2.75) is 58.8 Å². The highest BCUT2D eigenvalue weighted by Crippen LogP contribution is 2.33. The molecule has 2 heterocycles. The largest absolute Gasteiger partial charge is 0.490 e. The van der Waals surface area contributed by atoms with Crippen molar-refractivity contribution in [2.75, 3.05) is 13.1 Å². The zero-order valence-corrected chi connectivity index (χ0v) is 18.1. The Morgan fingerprint density at radius 3 is 2.60 bits per heavy atom. The lowest BCUT2D eigenvalue weighted by atomic mass is 10.1. The van der Waals surface area contributed by atoms with Gasteiger partial charge in [0.1, 0.15) is 23.2 Å². The van der Waals surface area contributed by atoms with Crippen LogP contribution < -0.4 is 15.2 Å². The van der Waals surface area contributed by atoms with Crippen LogP contribution in [0.15, 0.2) is 24.4 Å². The summed E-state index contributed by atoms with van der Waals surface area (Å²) in [5, 5.41) is 0.717. The van der Waals surface area contributed by atoms with Crippen LogP contribution in [0.4, 0.5) is 4.79 Å². The summed E-state index contributed by atoms with van der Waals surface area (Å²) in [5.74, 6) is 0.426. The lowest BCUT2D eigenvalue weighted by molar-refractivity contribution is 0.0276. The fraction of sp³-hybridized carbons (Fsp3) is 0.500. The highest BCUT2D eigenvalue weighted by molar-refractivity contribution is 6.01. The third kappa shape index (κ3) is 5.11. The van der Waals surface area contributed by atoms with Gasteiger partial charge in [0.25, 0.3) is 5.91 Å². The first-order valence-electron chi connectivity index (χ1n) is 10.1. The second-order valence-electron chi connectivity index (χ2n) is 8.66. The maximum atomic E-state index is 12.3. The molecular formula is C22H29N3O5. The van der Waals surface area contributed by atoms with Gasteiger partial charge in [-0.05, 0) is 52.8 Å². The minimum absolute atomic E-state index is 0.126. The number of ether oxygens (including phenoxy) is 3. The van der Waals surface area contributed by atoms with E-state index in [2.05, 4.69) is 4.98 Å². The molecule has 2 amide bonds. The first kappa shape index (κ1) is 21.7. The summed E-state index contributed by atoms with van der Waals surface area (Å²) in [4.78, 5) is 30.1. The fourth-order valence-corrected chi connectivity index (χ4v) is 3.29. The van der Waals surface area contributed by atoms with Gasteiger partial charge in [-0.2, -0.15) is 0 Å². The van der Waals surface area contributed by atoms with Gasteiger partial charge < -0.3 is 24.8 Å². The Kier molecular flexibility index (Phi) is 6.05. The molecule has 0 radical (unpaired) electrons. The molecule has 2 aromatic rings. The molecule has 1 aliphatic rings. The Hall–Kier alpha value is -3.03. The van der Waals surface area contributed by atoms with Crippen molar-refractivity contribution in [3.05, 3.63) is 30.0 Å². The number of aromatic nitrogens is 1. The van der Waals surface area contributed by atoms with Crippen molar-refractivity contribution in [3.8, 4) is 11.5 Å². The molecule has 162 valence electrons. The Morgan fingerprint density at radius 1 is 1.23 bits per heavy atom. The summed E-state index contributed by atoms with van der Waals surface area (Å²) in [7, 11) is 0. The second kappa shape index (κ2) is 8.38. The zero-order valence-electron chi connectivity index (χ0n) is 18.1. The number of fused-ring (bicyclic) bond motifs is 1. The molecule has 1 saturated heterocycles. The van der Waals surface area contributed by atoms with E-state index in [9.17, 15) is 9.59 Å². The third-order valence-corrected chi connectivity index (χ3v) is 4.52. The quantitative estimate of drug-likeness (QED) is 0.801. The number of benzene rings is 1. The predicted octanol–water partition coefficient (Wildman–Crippen LogP) is 3.51. The number of hydrogen-bond donors (Lipinski definition) is 1. The van der Waals surface area contributed by atoms with Crippen LogP contribution in [0.3, 0.4) is 0 Å². The molecule has 1 aromatic carbocycles. The Balaban J connectivity index is 1.83. The predicted molar refractivity (Wildman–Crippen MR) is 113 cm³/mol. The molecule has 0 unspecified atom stereocenters. The number of rotatable bonds is 5. The van der Waals surface area contributed by atoms with Gasteiger partial charge in [-0.3, -0.25) is 9.78 Å². The van der Waals surface area contributed by atoms with Gasteiger partial charge in [-0.15, -0.1) is 0 Å². The Bertz CT molecular complexity index is 952. The van der Waals surface area contributed by atoms with Crippen LogP contribution >= 0.6 is 0 Å². The monoisotopic (exact) mass is 415 g/mol. The summed E-state index contributed by atoms with van der Waals surface area (Å²) >= 11 is 0. The highest BCUT2D eigenvalue weighted by atomic mass is 16.6. The van der Waals surface area contributed by atoms with E-state index >= 15 is 0 Å². The number of nitrogens with two attached hydrogens (primary N) is 1. The average molecular weight is 415 g/mol. The average Bonchev–Trinajstić information content (AvgIpc) is 3.08.